The van der Waals surface area contributed by atoms with Crippen LogP contribution in [0.5, 0.6) is 0 Å². The molecule has 1 aromatic rings. The minimum Gasteiger partial charge on any atom is -0.298 e. The van der Waals surface area contributed by atoms with Crippen LogP contribution in [0.25, 0.3) is 0 Å². The number of carbonyl (C=O) groups excluding carboxylic acids is 1. The molecule has 1 unspecified atom stereocenters. The lowest BCUT2D eigenvalue weighted by atomic mass is 9.85. The molecule has 1 atom stereocenters. The van der Waals surface area contributed by atoms with Crippen LogP contribution in [0.2, 0.25) is 0 Å². The van der Waals surface area contributed by atoms with Gasteiger partial charge >= 0.3 is 0 Å². The van der Waals surface area contributed by atoms with E-state index in [9.17, 15) is 9.18 Å². The highest BCUT2D eigenvalue weighted by molar-refractivity contribution is 5.93. The van der Waals surface area contributed by atoms with Crippen LogP contribution in [0.1, 0.15) is 55.1 Å². The lowest BCUT2D eigenvalue weighted by Crippen LogP contribution is -2.38. The van der Waals surface area contributed by atoms with Crippen molar-refractivity contribution in [3.8, 4) is 0 Å². The van der Waals surface area contributed by atoms with Crippen molar-refractivity contribution in [2.24, 2.45) is 5.41 Å². The number of halogens is 1. The van der Waals surface area contributed by atoms with E-state index >= 15 is 0 Å². The molecule has 132 valence electrons. The fourth-order valence-corrected chi connectivity index (χ4v) is 3.20. The summed E-state index contributed by atoms with van der Waals surface area (Å²) in [4.78, 5) is 13.8. The molecule has 0 radical (unpaired) electrons. The highest BCUT2D eigenvalue weighted by atomic mass is 19.1. The Labute approximate surface area is 143 Å². The molecular weight excluding hydrogens is 307 g/mol. The molecule has 0 saturated heterocycles. The van der Waals surface area contributed by atoms with Gasteiger partial charge in [0.05, 0.1) is 0 Å². The molecule has 4 nitrogen and oxygen atoms in total. The molecule has 0 spiro atoms. The number of benzene rings is 1. The van der Waals surface area contributed by atoms with Crippen molar-refractivity contribution in [2.75, 3.05) is 13.1 Å². The first-order valence-corrected chi connectivity index (χ1v) is 8.58. The summed E-state index contributed by atoms with van der Waals surface area (Å²) in [6.45, 7) is 8.82. The van der Waals surface area contributed by atoms with E-state index in [2.05, 4.69) is 37.8 Å². The van der Waals surface area contributed by atoms with E-state index < -0.39 is 5.91 Å². The highest BCUT2D eigenvalue weighted by Crippen LogP contribution is 2.29. The molecule has 0 saturated carbocycles. The minimum absolute atomic E-state index is 0.0840. The third kappa shape index (κ3) is 4.22. The monoisotopic (exact) mass is 334 g/mol. The summed E-state index contributed by atoms with van der Waals surface area (Å²) in [5, 5.41) is 8.71. The summed E-state index contributed by atoms with van der Waals surface area (Å²) >= 11 is 0. The van der Waals surface area contributed by atoms with Crippen LogP contribution < -0.4 is 5.48 Å². The second-order valence-electron chi connectivity index (χ2n) is 6.82. The fourth-order valence-electron chi connectivity index (χ4n) is 3.20. The molecule has 0 fully saturated rings. The number of hydrogen-bond donors (Lipinski definition) is 2. The van der Waals surface area contributed by atoms with Crippen molar-refractivity contribution < 1.29 is 14.4 Å². The molecule has 1 aliphatic heterocycles. The van der Waals surface area contributed by atoms with Gasteiger partial charge in [0, 0.05) is 30.8 Å². The first-order chi connectivity index (χ1) is 11.4. The predicted molar refractivity (Wildman–Crippen MR) is 92.5 cm³/mol. The summed E-state index contributed by atoms with van der Waals surface area (Å²) in [5.41, 5.74) is 3.32. The van der Waals surface area contributed by atoms with Crippen molar-refractivity contribution in [3.05, 3.63) is 46.8 Å². The molecule has 5 heteroatoms. The maximum Gasteiger partial charge on any atom is 0.274 e. The van der Waals surface area contributed by atoms with Crippen LogP contribution in [-0.4, -0.2) is 29.1 Å². The molecule has 1 heterocycles. The van der Waals surface area contributed by atoms with Gasteiger partial charge in [0.25, 0.3) is 5.91 Å². The summed E-state index contributed by atoms with van der Waals surface area (Å²) in [6.07, 6.45) is 7.22. The Balaban J connectivity index is 2.17. The number of allylic oxidation sites excluding steroid dienone is 1. The van der Waals surface area contributed by atoms with Gasteiger partial charge in [-0.1, -0.05) is 32.9 Å². The number of hydroxylamine groups is 1. The van der Waals surface area contributed by atoms with E-state index in [1.807, 2.05) is 0 Å². The largest absolute Gasteiger partial charge is 0.298 e. The molecule has 0 aromatic heterocycles. The highest BCUT2D eigenvalue weighted by Gasteiger charge is 2.27. The van der Waals surface area contributed by atoms with E-state index in [0.717, 1.165) is 31.5 Å². The minimum atomic E-state index is -0.678. The van der Waals surface area contributed by atoms with Gasteiger partial charge in [-0.05, 0) is 42.4 Å². The van der Waals surface area contributed by atoms with Crippen LogP contribution in [0.4, 0.5) is 4.39 Å². The van der Waals surface area contributed by atoms with E-state index in [1.54, 1.807) is 11.5 Å². The maximum atomic E-state index is 14.4. The zero-order valence-corrected chi connectivity index (χ0v) is 14.7. The predicted octanol–water partition coefficient (Wildman–Crippen LogP) is 3.69. The van der Waals surface area contributed by atoms with Gasteiger partial charge in [0.15, 0.2) is 0 Å². The molecular formula is C19H27FN2O2. The van der Waals surface area contributed by atoms with Crippen LogP contribution in [-0.2, 0) is 13.0 Å². The zero-order valence-electron chi connectivity index (χ0n) is 14.7. The standard InChI is InChI=1S/C19H27FN2O2/c1-4-6-8-19(3,5-2)13-22-9-7-14-10-15(18(23)21-24)11-17(20)16(14)12-22/h6,8,10-11,24H,4-5,7,9,12-13H2,1-3H3,(H,21,23). The van der Waals surface area contributed by atoms with Crippen molar-refractivity contribution in [1.29, 1.82) is 0 Å². The Morgan fingerprint density at radius 2 is 2.21 bits per heavy atom. The van der Waals surface area contributed by atoms with Gasteiger partial charge < -0.3 is 0 Å². The topological polar surface area (TPSA) is 52.6 Å². The molecule has 2 N–H and O–H groups in total. The maximum absolute atomic E-state index is 14.4. The quantitative estimate of drug-likeness (QED) is 0.474. The zero-order chi connectivity index (χ0) is 17.7. The molecule has 24 heavy (non-hydrogen) atoms. The second kappa shape index (κ2) is 7.90. The molecule has 1 aromatic carbocycles. The van der Waals surface area contributed by atoms with Crippen molar-refractivity contribution in [3.63, 3.8) is 0 Å². The van der Waals surface area contributed by atoms with Crippen LogP contribution in [0.15, 0.2) is 24.3 Å². The van der Waals surface area contributed by atoms with Gasteiger partial charge in [-0.25, -0.2) is 9.87 Å². The third-order valence-corrected chi connectivity index (χ3v) is 4.88. The molecule has 2 rings (SSSR count). The Hall–Kier alpha value is -1.72. The molecule has 1 aliphatic rings. The molecule has 1 amide bonds. The number of hydrogen-bond acceptors (Lipinski definition) is 3. The van der Waals surface area contributed by atoms with Gasteiger partial charge in [0.1, 0.15) is 5.82 Å². The van der Waals surface area contributed by atoms with Gasteiger partial charge in [0.2, 0.25) is 0 Å². The molecule has 0 aliphatic carbocycles. The van der Waals surface area contributed by atoms with E-state index in [1.165, 1.54) is 6.07 Å². The SMILES string of the molecule is CCC=CC(C)(CC)CN1CCc2cc(C(=O)NO)cc(F)c2C1. The number of amides is 1. The number of rotatable bonds is 6. The Bertz CT molecular complexity index is 630. The first kappa shape index (κ1) is 18.6. The Morgan fingerprint density at radius 3 is 2.83 bits per heavy atom. The van der Waals surface area contributed by atoms with Crippen LogP contribution in [0, 0.1) is 11.2 Å². The number of nitrogens with one attached hydrogen (secondary N) is 1. The molecule has 0 bridgehead atoms. The average Bonchev–Trinajstić information content (AvgIpc) is 2.59. The lowest BCUT2D eigenvalue weighted by molar-refractivity contribution is 0.0705. The van der Waals surface area contributed by atoms with Crippen LogP contribution in [0.3, 0.4) is 0 Å². The Kier molecular flexibility index (Phi) is 6.13. The van der Waals surface area contributed by atoms with Crippen molar-refractivity contribution >= 4 is 5.91 Å². The fraction of sp³-hybridized carbons (Fsp3) is 0.526. The lowest BCUT2D eigenvalue weighted by Gasteiger charge is -2.36. The number of carbonyl (C=O) groups is 1. The second-order valence-corrected chi connectivity index (χ2v) is 6.82. The normalized spacial score (nSPS) is 17.5. The van der Waals surface area contributed by atoms with Gasteiger partial charge in [-0.2, -0.15) is 0 Å². The summed E-state index contributed by atoms with van der Waals surface area (Å²) in [7, 11) is 0. The summed E-state index contributed by atoms with van der Waals surface area (Å²) in [5.74, 6) is -1.06. The van der Waals surface area contributed by atoms with Crippen molar-refractivity contribution in [2.45, 2.75) is 46.6 Å². The third-order valence-electron chi connectivity index (χ3n) is 4.88. The number of fused-ring (bicyclic) bond motifs is 1. The summed E-state index contributed by atoms with van der Waals surface area (Å²) in [6, 6.07) is 2.88. The smallest absolute Gasteiger partial charge is 0.274 e. The van der Waals surface area contributed by atoms with E-state index in [0.29, 0.717) is 18.5 Å². The average molecular weight is 334 g/mol. The van der Waals surface area contributed by atoms with E-state index in [-0.39, 0.29) is 16.8 Å². The van der Waals surface area contributed by atoms with Crippen LogP contribution >= 0.6 is 0 Å². The van der Waals surface area contributed by atoms with Gasteiger partial charge in [-0.3, -0.25) is 14.9 Å². The number of nitrogens with zero attached hydrogens (tertiary/aromatic N) is 1. The van der Waals surface area contributed by atoms with Gasteiger partial charge in [-0.15, -0.1) is 0 Å². The van der Waals surface area contributed by atoms with E-state index in [4.69, 9.17) is 5.21 Å². The van der Waals surface area contributed by atoms with Crippen molar-refractivity contribution in [1.82, 2.24) is 10.4 Å². The first-order valence-electron chi connectivity index (χ1n) is 8.58. The summed E-state index contributed by atoms with van der Waals surface area (Å²) < 4.78 is 14.4. The Morgan fingerprint density at radius 1 is 1.46 bits per heavy atom.